The molecule has 0 spiro atoms. The molecule has 0 aromatic heterocycles. The number of carboxylic acids is 4. The molecule has 12 atom stereocenters. The van der Waals surface area contributed by atoms with E-state index in [-0.39, 0.29) is 91.6 Å². The molecule has 57 heavy (non-hydrogen) atoms. The van der Waals surface area contributed by atoms with E-state index in [4.69, 9.17) is 4.74 Å². The minimum absolute atomic E-state index is 0.0641. The first-order chi connectivity index (χ1) is 26.9. The van der Waals surface area contributed by atoms with Crippen LogP contribution in [0.3, 0.4) is 0 Å². The highest BCUT2D eigenvalue weighted by molar-refractivity contribution is 5.70. The highest BCUT2D eigenvalue weighted by atomic mass is 16.5. The molecule has 0 aromatic carbocycles. The number of carboxylic acid groups (broad SMARTS) is 4. The van der Waals surface area contributed by atoms with Gasteiger partial charge in [0.25, 0.3) is 0 Å². The van der Waals surface area contributed by atoms with Gasteiger partial charge in [0.05, 0.1) is 50.7 Å². The van der Waals surface area contributed by atoms with Crippen LogP contribution in [0, 0.1) is 46.3 Å². The van der Waals surface area contributed by atoms with Gasteiger partial charge in [0, 0.05) is 65.3 Å². The number of carbonyl (C=O) groups is 4. The van der Waals surface area contributed by atoms with Crippen LogP contribution in [0.1, 0.15) is 78.6 Å². The van der Waals surface area contributed by atoms with Crippen molar-refractivity contribution in [3.05, 3.63) is 0 Å². The Kier molecular flexibility index (Phi) is 15.8. The van der Waals surface area contributed by atoms with Crippen LogP contribution < -0.4 is 0 Å². The van der Waals surface area contributed by atoms with Crippen LogP contribution in [0.4, 0.5) is 0 Å². The van der Waals surface area contributed by atoms with E-state index >= 15 is 0 Å². The maximum atomic E-state index is 11.9. The second-order valence-electron chi connectivity index (χ2n) is 18.7. The molecule has 0 radical (unpaired) electrons. The summed E-state index contributed by atoms with van der Waals surface area (Å²) >= 11 is 0. The molecule has 5 rings (SSSR count). The Morgan fingerprint density at radius 2 is 1.23 bits per heavy atom. The first-order valence-corrected chi connectivity index (χ1v) is 21.3. The van der Waals surface area contributed by atoms with Crippen LogP contribution in [0.2, 0.25) is 0 Å². The summed E-state index contributed by atoms with van der Waals surface area (Å²) in [5.41, 5.74) is -0.416. The molecule has 1 heterocycles. The lowest BCUT2D eigenvalue weighted by molar-refractivity contribution is -0.210. The minimum Gasteiger partial charge on any atom is -0.481 e. The molecule has 16 nitrogen and oxygen atoms in total. The first kappa shape index (κ1) is 45.6. The molecular weight excluding hydrogens is 740 g/mol. The summed E-state index contributed by atoms with van der Waals surface area (Å²) in [6, 6.07) is 0. The van der Waals surface area contributed by atoms with E-state index in [2.05, 4.69) is 20.8 Å². The average Bonchev–Trinajstić information content (AvgIpc) is 3.49. The van der Waals surface area contributed by atoms with Gasteiger partial charge in [-0.1, -0.05) is 20.8 Å². The van der Waals surface area contributed by atoms with Gasteiger partial charge in [-0.3, -0.25) is 38.8 Å². The molecule has 1 aliphatic heterocycles. The van der Waals surface area contributed by atoms with E-state index in [0.717, 1.165) is 32.1 Å². The topological polar surface area (TPSA) is 232 Å². The molecule has 4 aliphatic carbocycles. The van der Waals surface area contributed by atoms with Crippen molar-refractivity contribution in [2.75, 3.05) is 85.1 Å². The number of rotatable bonds is 15. The van der Waals surface area contributed by atoms with Crippen LogP contribution in [0.15, 0.2) is 0 Å². The Labute approximate surface area is 337 Å². The molecular formula is C41H70N4O12. The third kappa shape index (κ3) is 11.2. The maximum absolute atomic E-state index is 11.9. The second kappa shape index (κ2) is 19.7. The van der Waals surface area contributed by atoms with Gasteiger partial charge in [0.1, 0.15) is 0 Å². The van der Waals surface area contributed by atoms with Gasteiger partial charge in [-0.05, 0) is 97.7 Å². The number of ether oxygens (including phenoxy) is 1. The zero-order valence-corrected chi connectivity index (χ0v) is 34.3. The third-order valence-electron chi connectivity index (χ3n) is 15.3. The fourth-order valence-corrected chi connectivity index (χ4v) is 12.2. The fourth-order valence-electron chi connectivity index (χ4n) is 12.2. The molecule has 1 saturated heterocycles. The predicted molar refractivity (Wildman–Crippen MR) is 208 cm³/mol. The number of fused-ring (bicyclic) bond motifs is 5. The van der Waals surface area contributed by atoms with Gasteiger partial charge in [-0.15, -0.1) is 0 Å². The Balaban J connectivity index is 1.18. The summed E-state index contributed by atoms with van der Waals surface area (Å²) in [4.78, 5) is 53.3. The van der Waals surface area contributed by atoms with Crippen molar-refractivity contribution in [2.24, 2.45) is 46.3 Å². The zero-order chi connectivity index (χ0) is 41.7. The SMILES string of the molecule is C[C@H](CCC(=O)O)[C@H]1CC[C@H]2[C@@H]3[C@H](O)C[C@@H]4CC(OCC(O)CN5CCN(CC(=O)O)CCN(CC(=O)O)CCN(CC(=O)O)CC5)CC[C@]4(C)[C@H]3C[C@@H](O)[C@]12C. The van der Waals surface area contributed by atoms with E-state index in [1.54, 1.807) is 14.7 Å². The summed E-state index contributed by atoms with van der Waals surface area (Å²) in [5, 5.41) is 72.8. The standard InChI is InChI=1S/C41H70N4O12/c1-26(4-7-35(49)50)30-5-6-31-39-32(20-34(48)41(30,31)3)40(2)9-8-29(18-27(40)19-33(39)47)57-25-28(46)21-42-10-12-43(22-36(51)52)14-16-45(24-38(55)56)17-15-44(13-11-42)23-37(53)54/h26-34,39,46-48H,4-25H2,1-3H3,(H,49,50)(H,51,52)(H,53,54)(H,55,56)/t26-,27+,28?,29?,30-,31+,32+,33-,34-,39+,40+,41-/m1/s1. The van der Waals surface area contributed by atoms with Crippen LogP contribution in [0.5, 0.6) is 0 Å². The molecule has 0 bridgehead atoms. The van der Waals surface area contributed by atoms with Crippen LogP contribution in [-0.4, -0.2) is 189 Å². The van der Waals surface area contributed by atoms with Crippen molar-refractivity contribution in [1.29, 1.82) is 0 Å². The lowest BCUT2D eigenvalue weighted by Gasteiger charge is -2.63. The van der Waals surface area contributed by atoms with Crippen molar-refractivity contribution in [1.82, 2.24) is 19.6 Å². The number of nitrogens with zero attached hydrogens (tertiary/aromatic N) is 4. The molecule has 0 aromatic rings. The van der Waals surface area contributed by atoms with E-state index in [0.29, 0.717) is 71.6 Å². The first-order valence-electron chi connectivity index (χ1n) is 21.3. The summed E-state index contributed by atoms with van der Waals surface area (Å²) in [6.45, 7) is 9.19. The Morgan fingerprint density at radius 1 is 0.702 bits per heavy atom. The highest BCUT2D eigenvalue weighted by Crippen LogP contribution is 2.68. The van der Waals surface area contributed by atoms with Gasteiger partial charge in [0.15, 0.2) is 0 Å². The average molecular weight is 811 g/mol. The number of aliphatic hydroxyl groups is 3. The van der Waals surface area contributed by atoms with Gasteiger partial charge < -0.3 is 40.5 Å². The van der Waals surface area contributed by atoms with Gasteiger partial charge >= 0.3 is 23.9 Å². The van der Waals surface area contributed by atoms with E-state index in [9.17, 15) is 54.9 Å². The second-order valence-corrected chi connectivity index (χ2v) is 18.7. The predicted octanol–water partition coefficient (Wildman–Crippen LogP) is 1.31. The van der Waals surface area contributed by atoms with Gasteiger partial charge in [-0.25, -0.2) is 0 Å². The smallest absolute Gasteiger partial charge is 0.317 e. The summed E-state index contributed by atoms with van der Waals surface area (Å²) in [7, 11) is 0. The van der Waals surface area contributed by atoms with Gasteiger partial charge in [0.2, 0.25) is 0 Å². The van der Waals surface area contributed by atoms with E-state index in [1.807, 2.05) is 4.90 Å². The van der Waals surface area contributed by atoms with Crippen LogP contribution in [-0.2, 0) is 23.9 Å². The molecule has 16 heteroatoms. The highest BCUT2D eigenvalue weighted by Gasteiger charge is 2.65. The Morgan fingerprint density at radius 3 is 1.74 bits per heavy atom. The van der Waals surface area contributed by atoms with Crippen LogP contribution in [0.25, 0.3) is 0 Å². The van der Waals surface area contributed by atoms with Crippen molar-refractivity contribution >= 4 is 23.9 Å². The number of β-amino-alcohol motifs (C(OH)–C–C–N with tert-alkyl or cyclic N) is 1. The molecule has 5 fully saturated rings. The molecule has 4 saturated carbocycles. The zero-order valence-electron chi connectivity index (χ0n) is 34.3. The molecule has 0 amide bonds. The monoisotopic (exact) mass is 810 g/mol. The number of hydrogen-bond donors (Lipinski definition) is 7. The molecule has 326 valence electrons. The molecule has 5 aliphatic rings. The normalized spacial score (nSPS) is 37.4. The summed E-state index contributed by atoms with van der Waals surface area (Å²) in [6.07, 6.45) is 4.43. The molecule has 2 unspecified atom stereocenters. The van der Waals surface area contributed by atoms with Crippen molar-refractivity contribution in [3.8, 4) is 0 Å². The quantitative estimate of drug-likeness (QED) is 0.124. The van der Waals surface area contributed by atoms with Crippen molar-refractivity contribution < 1.29 is 59.7 Å². The third-order valence-corrected chi connectivity index (χ3v) is 15.3. The summed E-state index contributed by atoms with van der Waals surface area (Å²) < 4.78 is 6.39. The largest absolute Gasteiger partial charge is 0.481 e. The lowest BCUT2D eigenvalue weighted by atomic mass is 9.43. The number of aliphatic carboxylic acids is 4. The summed E-state index contributed by atoms with van der Waals surface area (Å²) in [5.74, 6) is -2.73. The van der Waals surface area contributed by atoms with Gasteiger partial charge in [-0.2, -0.15) is 0 Å². The Hall–Kier alpha value is -2.44. The lowest BCUT2D eigenvalue weighted by Crippen LogP contribution is -2.62. The number of aliphatic hydroxyl groups excluding tert-OH is 3. The minimum atomic E-state index is -1.01. The van der Waals surface area contributed by atoms with Crippen LogP contribution >= 0.6 is 0 Å². The maximum Gasteiger partial charge on any atom is 0.317 e. The van der Waals surface area contributed by atoms with E-state index in [1.165, 1.54) is 0 Å². The Bertz CT molecular complexity index is 1360. The van der Waals surface area contributed by atoms with E-state index < -0.39 is 42.2 Å². The number of hydrogen-bond acceptors (Lipinski definition) is 12. The van der Waals surface area contributed by atoms with Crippen molar-refractivity contribution in [2.45, 2.75) is 103 Å². The fraction of sp³-hybridized carbons (Fsp3) is 0.902. The molecule has 7 N–H and O–H groups in total. The van der Waals surface area contributed by atoms with Crippen molar-refractivity contribution in [3.63, 3.8) is 0 Å².